The molecule has 0 bridgehead atoms. The van der Waals surface area contributed by atoms with Gasteiger partial charge in [-0.25, -0.2) is 4.39 Å². The molecule has 110 valence electrons. The summed E-state index contributed by atoms with van der Waals surface area (Å²) in [6.07, 6.45) is 5.48. The lowest BCUT2D eigenvalue weighted by atomic mass is 10.0. The smallest absolute Gasteiger partial charge is 0.124 e. The number of ether oxygens (including phenoxy) is 1. The first kappa shape index (κ1) is 15.7. The summed E-state index contributed by atoms with van der Waals surface area (Å²) in [4.78, 5) is 0. The second-order valence-corrected chi connectivity index (χ2v) is 5.99. The van der Waals surface area contributed by atoms with Gasteiger partial charge in [-0.1, -0.05) is 15.9 Å². The van der Waals surface area contributed by atoms with Crippen molar-refractivity contribution in [1.82, 2.24) is 0 Å². The maximum absolute atomic E-state index is 13.2. The maximum atomic E-state index is 13.2. The predicted molar refractivity (Wildman–Crippen MR) is 82.0 cm³/mol. The molecule has 3 rings (SSSR count). The number of aliphatic hydroxyl groups is 1. The number of hydrogen-bond acceptors (Lipinski definition) is 2. The van der Waals surface area contributed by atoms with Gasteiger partial charge in [0, 0.05) is 17.7 Å². The Morgan fingerprint density at radius 1 is 1.10 bits per heavy atom. The van der Waals surface area contributed by atoms with Crippen LogP contribution in [0.25, 0.3) is 5.57 Å². The Morgan fingerprint density at radius 3 is 2.40 bits per heavy atom. The van der Waals surface area contributed by atoms with Gasteiger partial charge in [-0.3, -0.25) is 0 Å². The van der Waals surface area contributed by atoms with Gasteiger partial charge in [0.15, 0.2) is 0 Å². The molecule has 0 saturated carbocycles. The molecule has 0 spiro atoms. The quantitative estimate of drug-likeness (QED) is 0.867. The van der Waals surface area contributed by atoms with Gasteiger partial charge in [-0.2, -0.15) is 0 Å². The van der Waals surface area contributed by atoms with E-state index >= 15 is 0 Å². The van der Waals surface area contributed by atoms with Crippen molar-refractivity contribution in [2.45, 2.75) is 32.1 Å². The molecule has 1 saturated heterocycles. The average Bonchev–Trinajstić information content (AvgIpc) is 3.12. The second-order valence-electron chi connectivity index (χ2n) is 5.07. The number of rotatable bonds is 2. The molecule has 0 amide bonds. The number of hydrogen-bond donors (Lipinski definition) is 1. The Bertz CT molecular complexity index is 454. The fourth-order valence-corrected chi connectivity index (χ4v) is 3.03. The normalized spacial score (nSPS) is 18.1. The molecule has 1 fully saturated rings. The highest BCUT2D eigenvalue weighted by Crippen LogP contribution is 2.34. The summed E-state index contributed by atoms with van der Waals surface area (Å²) in [5.41, 5.74) is 3.05. The van der Waals surface area contributed by atoms with Crippen LogP contribution in [0.15, 0.2) is 28.2 Å². The van der Waals surface area contributed by atoms with Crippen LogP contribution < -0.4 is 0 Å². The molecule has 2 nitrogen and oxygen atoms in total. The molecule has 2 aliphatic rings. The van der Waals surface area contributed by atoms with Crippen LogP contribution >= 0.6 is 15.9 Å². The third-order valence-corrected chi connectivity index (χ3v) is 4.02. The minimum atomic E-state index is -0.240. The van der Waals surface area contributed by atoms with E-state index in [2.05, 4.69) is 15.9 Å². The molecule has 1 N–H and O–H groups in total. The summed E-state index contributed by atoms with van der Waals surface area (Å²) < 4.78 is 18.9. The zero-order chi connectivity index (χ0) is 14.4. The summed E-state index contributed by atoms with van der Waals surface area (Å²) >= 11 is 3.28. The van der Waals surface area contributed by atoms with E-state index in [9.17, 15) is 9.50 Å². The van der Waals surface area contributed by atoms with E-state index in [0.29, 0.717) is 0 Å². The van der Waals surface area contributed by atoms with Crippen molar-refractivity contribution in [3.8, 4) is 0 Å². The minimum Gasteiger partial charge on any atom is -0.392 e. The van der Waals surface area contributed by atoms with Crippen molar-refractivity contribution in [2.75, 3.05) is 19.8 Å². The van der Waals surface area contributed by atoms with Crippen LogP contribution in [-0.2, 0) is 4.74 Å². The van der Waals surface area contributed by atoms with Crippen LogP contribution in [0, 0.1) is 5.82 Å². The summed E-state index contributed by atoms with van der Waals surface area (Å²) in [6, 6.07) is 4.87. The molecule has 1 aromatic rings. The van der Waals surface area contributed by atoms with E-state index in [1.165, 1.54) is 25.0 Å². The van der Waals surface area contributed by atoms with Gasteiger partial charge in [0.2, 0.25) is 0 Å². The van der Waals surface area contributed by atoms with Gasteiger partial charge >= 0.3 is 0 Å². The average molecular weight is 343 g/mol. The van der Waals surface area contributed by atoms with Gasteiger partial charge in [0.1, 0.15) is 5.82 Å². The Balaban J connectivity index is 0.000000247. The van der Waals surface area contributed by atoms with Crippen molar-refractivity contribution < 1.29 is 14.2 Å². The zero-order valence-electron chi connectivity index (χ0n) is 11.5. The number of benzene rings is 1. The first-order valence-corrected chi connectivity index (χ1v) is 7.86. The first-order valence-electron chi connectivity index (χ1n) is 7.06. The molecule has 0 atom stereocenters. The Kier molecular flexibility index (Phi) is 6.20. The molecule has 0 aromatic heterocycles. The summed E-state index contributed by atoms with van der Waals surface area (Å²) in [5.74, 6) is -0.240. The van der Waals surface area contributed by atoms with E-state index < -0.39 is 0 Å². The maximum Gasteiger partial charge on any atom is 0.124 e. The molecular weight excluding hydrogens is 323 g/mol. The number of halogens is 2. The lowest BCUT2D eigenvalue weighted by molar-refractivity contribution is 0.198. The Hall–Kier alpha value is -0.710. The largest absolute Gasteiger partial charge is 0.392 e. The SMILES string of the molecule is C1CCOC1.OCC1=C(c2cc(F)cc(Br)c2)CCC1. The first-order chi connectivity index (χ1) is 9.70. The van der Waals surface area contributed by atoms with Crippen LogP contribution in [0.1, 0.15) is 37.7 Å². The third kappa shape index (κ3) is 4.40. The molecule has 1 aliphatic carbocycles. The van der Waals surface area contributed by atoms with Crippen LogP contribution in [0.5, 0.6) is 0 Å². The fourth-order valence-electron chi connectivity index (χ4n) is 2.57. The van der Waals surface area contributed by atoms with E-state index in [-0.39, 0.29) is 12.4 Å². The standard InChI is InChI=1S/C12H12BrFO.C4H8O/c13-10-4-9(5-11(14)6-10)12-3-1-2-8(12)7-15;1-2-4-5-3-1/h4-6,15H,1-3,7H2;1-4H2. The highest BCUT2D eigenvalue weighted by atomic mass is 79.9. The van der Waals surface area contributed by atoms with Gasteiger partial charge in [0.05, 0.1) is 6.61 Å². The Morgan fingerprint density at radius 2 is 1.85 bits per heavy atom. The van der Waals surface area contributed by atoms with E-state index in [0.717, 1.165) is 53.7 Å². The van der Waals surface area contributed by atoms with Gasteiger partial charge in [-0.05, 0) is 67.0 Å². The molecule has 1 aromatic carbocycles. The monoisotopic (exact) mass is 342 g/mol. The molecule has 20 heavy (non-hydrogen) atoms. The van der Waals surface area contributed by atoms with Crippen molar-refractivity contribution in [3.63, 3.8) is 0 Å². The van der Waals surface area contributed by atoms with Crippen molar-refractivity contribution in [1.29, 1.82) is 0 Å². The molecule has 1 aliphatic heterocycles. The second kappa shape index (κ2) is 7.91. The van der Waals surface area contributed by atoms with Gasteiger partial charge < -0.3 is 9.84 Å². The molecule has 0 unspecified atom stereocenters. The molecule has 4 heteroatoms. The topological polar surface area (TPSA) is 29.5 Å². The van der Waals surface area contributed by atoms with Crippen LogP contribution in [0.3, 0.4) is 0 Å². The third-order valence-electron chi connectivity index (χ3n) is 3.56. The lowest BCUT2D eigenvalue weighted by Crippen LogP contribution is -1.91. The zero-order valence-corrected chi connectivity index (χ0v) is 13.1. The van der Waals surface area contributed by atoms with Gasteiger partial charge in [0.25, 0.3) is 0 Å². The summed E-state index contributed by atoms with van der Waals surface area (Å²) in [5, 5.41) is 9.17. The van der Waals surface area contributed by atoms with E-state index in [1.54, 1.807) is 0 Å². The van der Waals surface area contributed by atoms with Crippen LogP contribution in [0.2, 0.25) is 0 Å². The summed E-state index contributed by atoms with van der Waals surface area (Å²) in [7, 11) is 0. The van der Waals surface area contributed by atoms with Crippen LogP contribution in [0.4, 0.5) is 4.39 Å². The van der Waals surface area contributed by atoms with Crippen molar-refractivity contribution >= 4 is 21.5 Å². The fraction of sp³-hybridized carbons (Fsp3) is 0.500. The molecule has 0 radical (unpaired) electrons. The van der Waals surface area contributed by atoms with Crippen molar-refractivity contribution in [3.05, 3.63) is 39.6 Å². The van der Waals surface area contributed by atoms with Gasteiger partial charge in [-0.15, -0.1) is 0 Å². The number of aliphatic hydroxyl groups excluding tert-OH is 1. The number of allylic oxidation sites excluding steroid dienone is 1. The molecular formula is C16H20BrFO2. The Labute approximate surface area is 127 Å². The van der Waals surface area contributed by atoms with E-state index in [1.807, 2.05) is 6.07 Å². The van der Waals surface area contributed by atoms with Crippen LogP contribution in [-0.4, -0.2) is 24.9 Å². The minimum absolute atomic E-state index is 0.0868. The summed E-state index contributed by atoms with van der Waals surface area (Å²) in [6.45, 7) is 2.09. The van der Waals surface area contributed by atoms with E-state index in [4.69, 9.17) is 4.74 Å². The molecule has 1 heterocycles. The van der Waals surface area contributed by atoms with Crippen molar-refractivity contribution in [2.24, 2.45) is 0 Å². The lowest BCUT2D eigenvalue weighted by Gasteiger charge is -2.06. The highest BCUT2D eigenvalue weighted by Gasteiger charge is 2.16. The predicted octanol–water partition coefficient (Wildman–Crippen LogP) is 4.31. The highest BCUT2D eigenvalue weighted by molar-refractivity contribution is 9.10.